The number of hydrogen-bond donors (Lipinski definition) is 2. The average Bonchev–Trinajstić information content (AvgIpc) is 2.84. The van der Waals surface area contributed by atoms with Crippen LogP contribution < -0.4 is 11.1 Å². The normalized spacial score (nSPS) is 27.1. The molecule has 0 aliphatic heterocycles. The van der Waals surface area contributed by atoms with Gasteiger partial charge in [-0.1, -0.05) is 0 Å². The molecule has 3 N–H and O–H groups in total. The molecule has 0 spiro atoms. The van der Waals surface area contributed by atoms with E-state index in [4.69, 9.17) is 10.5 Å². The zero-order chi connectivity index (χ0) is 12.5. The van der Waals surface area contributed by atoms with Crippen molar-refractivity contribution in [1.82, 2.24) is 9.97 Å². The van der Waals surface area contributed by atoms with Gasteiger partial charge >= 0.3 is 0 Å². The number of anilines is 1. The molecular weight excluding hydrogens is 248 g/mol. The molecular formula is C12H16N4OS. The molecule has 0 amide bonds. The third kappa shape index (κ3) is 1.96. The summed E-state index contributed by atoms with van der Waals surface area (Å²) in [6.07, 6.45) is 2.68. The van der Waals surface area contributed by atoms with Crippen molar-refractivity contribution in [3.63, 3.8) is 0 Å². The van der Waals surface area contributed by atoms with E-state index < -0.39 is 0 Å². The first-order chi connectivity index (χ1) is 8.79. The van der Waals surface area contributed by atoms with Crippen LogP contribution in [0.5, 0.6) is 0 Å². The molecule has 0 aromatic carbocycles. The van der Waals surface area contributed by atoms with Crippen LogP contribution in [0.4, 0.5) is 5.82 Å². The van der Waals surface area contributed by atoms with Gasteiger partial charge in [-0.3, -0.25) is 0 Å². The Morgan fingerprint density at radius 3 is 3.22 bits per heavy atom. The molecule has 18 heavy (non-hydrogen) atoms. The second kappa shape index (κ2) is 4.79. The quantitative estimate of drug-likeness (QED) is 0.877. The fraction of sp³-hybridized carbons (Fsp3) is 0.500. The minimum atomic E-state index is 0.131. The van der Waals surface area contributed by atoms with Gasteiger partial charge in [-0.15, -0.1) is 11.3 Å². The molecule has 0 saturated heterocycles. The molecule has 96 valence electrons. The van der Waals surface area contributed by atoms with Crippen LogP contribution in [0.15, 0.2) is 17.8 Å². The van der Waals surface area contributed by atoms with Crippen LogP contribution in [0.2, 0.25) is 0 Å². The molecule has 1 aliphatic carbocycles. The molecule has 1 saturated carbocycles. The predicted octanol–water partition coefficient (Wildman–Crippen LogP) is 1.61. The van der Waals surface area contributed by atoms with Gasteiger partial charge in [0.2, 0.25) is 0 Å². The lowest BCUT2D eigenvalue weighted by Crippen LogP contribution is -2.60. The summed E-state index contributed by atoms with van der Waals surface area (Å²) in [6.45, 7) is 2.72. The highest BCUT2D eigenvalue weighted by Crippen LogP contribution is 2.30. The first kappa shape index (κ1) is 11.8. The molecule has 3 rings (SSSR count). The van der Waals surface area contributed by atoms with E-state index in [1.54, 1.807) is 17.7 Å². The summed E-state index contributed by atoms with van der Waals surface area (Å²) in [5, 5.41) is 5.42. The number of nitrogens with one attached hydrogen (secondary N) is 1. The number of thiophene rings is 1. The summed E-state index contributed by atoms with van der Waals surface area (Å²) in [5.41, 5.74) is 7.00. The molecule has 5 nitrogen and oxygen atoms in total. The Balaban J connectivity index is 1.81. The van der Waals surface area contributed by atoms with Gasteiger partial charge in [0, 0.05) is 12.6 Å². The Bertz CT molecular complexity index is 542. The van der Waals surface area contributed by atoms with Gasteiger partial charge in [0.05, 0.1) is 22.4 Å². The Labute approximate surface area is 109 Å². The first-order valence-corrected chi connectivity index (χ1v) is 6.99. The molecule has 2 aromatic rings. The van der Waals surface area contributed by atoms with Crippen LogP contribution in [-0.2, 0) is 4.74 Å². The van der Waals surface area contributed by atoms with Gasteiger partial charge in [-0.25, -0.2) is 9.97 Å². The maximum absolute atomic E-state index is 6.03. The molecule has 1 aliphatic rings. The molecule has 2 aromatic heterocycles. The summed E-state index contributed by atoms with van der Waals surface area (Å²) in [7, 11) is 0. The highest BCUT2D eigenvalue weighted by Gasteiger charge is 2.39. The number of nitrogens with two attached hydrogens (primary N) is 1. The molecule has 0 radical (unpaired) electrons. The summed E-state index contributed by atoms with van der Waals surface area (Å²) in [6, 6.07) is 2.27. The van der Waals surface area contributed by atoms with Gasteiger partial charge in [0.1, 0.15) is 12.1 Å². The number of hydrogen-bond acceptors (Lipinski definition) is 6. The minimum absolute atomic E-state index is 0.131. The third-order valence-corrected chi connectivity index (χ3v) is 4.20. The van der Waals surface area contributed by atoms with Crippen LogP contribution in [0.25, 0.3) is 10.2 Å². The highest BCUT2D eigenvalue weighted by atomic mass is 32.1. The highest BCUT2D eigenvalue weighted by molar-refractivity contribution is 7.17. The lowest BCUT2D eigenvalue weighted by Gasteiger charge is -2.42. The van der Waals surface area contributed by atoms with E-state index in [1.165, 1.54) is 0 Å². The number of nitrogens with zero attached hydrogens (tertiary/aromatic N) is 2. The number of aromatic nitrogens is 2. The number of fused-ring (bicyclic) bond motifs is 1. The van der Waals surface area contributed by atoms with E-state index in [2.05, 4.69) is 15.3 Å². The monoisotopic (exact) mass is 264 g/mol. The van der Waals surface area contributed by atoms with Crippen LogP contribution in [0, 0.1) is 0 Å². The Kier molecular flexibility index (Phi) is 3.15. The predicted molar refractivity (Wildman–Crippen MR) is 72.8 cm³/mol. The van der Waals surface area contributed by atoms with E-state index in [9.17, 15) is 0 Å². The van der Waals surface area contributed by atoms with Crippen molar-refractivity contribution < 1.29 is 4.74 Å². The SMILES string of the molecule is CCOC1CC(N)C1Nc1ncnc2ccsc12. The van der Waals surface area contributed by atoms with E-state index >= 15 is 0 Å². The fourth-order valence-electron chi connectivity index (χ4n) is 2.28. The summed E-state index contributed by atoms with van der Waals surface area (Å²) >= 11 is 1.64. The van der Waals surface area contributed by atoms with Gasteiger partial charge < -0.3 is 15.8 Å². The molecule has 6 heteroatoms. The molecule has 0 bridgehead atoms. The maximum atomic E-state index is 6.03. The largest absolute Gasteiger partial charge is 0.376 e. The van der Waals surface area contributed by atoms with E-state index in [0.29, 0.717) is 6.61 Å². The molecule has 3 unspecified atom stereocenters. The third-order valence-electron chi connectivity index (χ3n) is 3.29. The van der Waals surface area contributed by atoms with Crippen LogP contribution in [0.1, 0.15) is 13.3 Å². The van der Waals surface area contributed by atoms with Gasteiger partial charge in [-0.2, -0.15) is 0 Å². The second-order valence-corrected chi connectivity index (χ2v) is 5.34. The van der Waals surface area contributed by atoms with Crippen molar-refractivity contribution in [3.05, 3.63) is 17.8 Å². The van der Waals surface area contributed by atoms with E-state index in [1.807, 2.05) is 18.4 Å². The van der Waals surface area contributed by atoms with Crippen molar-refractivity contribution in [2.45, 2.75) is 31.5 Å². The Morgan fingerprint density at radius 1 is 1.56 bits per heavy atom. The van der Waals surface area contributed by atoms with Crippen molar-refractivity contribution >= 4 is 27.4 Å². The van der Waals surface area contributed by atoms with Gasteiger partial charge in [0.25, 0.3) is 0 Å². The second-order valence-electron chi connectivity index (χ2n) is 4.42. The maximum Gasteiger partial charge on any atom is 0.147 e. The van der Waals surface area contributed by atoms with Crippen LogP contribution >= 0.6 is 11.3 Å². The van der Waals surface area contributed by atoms with Crippen molar-refractivity contribution in [1.29, 1.82) is 0 Å². The number of rotatable bonds is 4. The van der Waals surface area contributed by atoms with E-state index in [-0.39, 0.29) is 18.2 Å². The van der Waals surface area contributed by atoms with Crippen molar-refractivity contribution in [2.24, 2.45) is 5.73 Å². The summed E-state index contributed by atoms with van der Waals surface area (Å²) in [5.74, 6) is 0.861. The molecule has 2 heterocycles. The summed E-state index contributed by atoms with van der Waals surface area (Å²) in [4.78, 5) is 8.53. The fourth-order valence-corrected chi connectivity index (χ4v) is 3.07. The van der Waals surface area contributed by atoms with Crippen LogP contribution in [-0.4, -0.2) is 34.8 Å². The number of ether oxygens (including phenoxy) is 1. The lowest BCUT2D eigenvalue weighted by atomic mass is 9.83. The Hall–Kier alpha value is -1.24. The first-order valence-electron chi connectivity index (χ1n) is 6.11. The Morgan fingerprint density at radius 2 is 2.44 bits per heavy atom. The topological polar surface area (TPSA) is 73.1 Å². The summed E-state index contributed by atoms with van der Waals surface area (Å²) < 4.78 is 6.72. The smallest absolute Gasteiger partial charge is 0.147 e. The van der Waals surface area contributed by atoms with Gasteiger partial charge in [0.15, 0.2) is 0 Å². The van der Waals surface area contributed by atoms with Gasteiger partial charge in [-0.05, 0) is 24.8 Å². The zero-order valence-corrected chi connectivity index (χ0v) is 11.0. The molecule has 1 fully saturated rings. The average molecular weight is 264 g/mol. The minimum Gasteiger partial charge on any atom is -0.376 e. The molecule has 3 atom stereocenters. The van der Waals surface area contributed by atoms with Crippen LogP contribution in [0.3, 0.4) is 0 Å². The zero-order valence-electron chi connectivity index (χ0n) is 10.2. The van der Waals surface area contributed by atoms with Crippen molar-refractivity contribution in [2.75, 3.05) is 11.9 Å². The van der Waals surface area contributed by atoms with Crippen molar-refractivity contribution in [3.8, 4) is 0 Å². The standard InChI is InChI=1S/C12H16N4OS/c1-2-17-9-5-7(13)10(9)16-12-11-8(3-4-18-11)14-6-15-12/h3-4,6-7,9-10H,2,5,13H2,1H3,(H,14,15,16). The van der Waals surface area contributed by atoms with E-state index in [0.717, 1.165) is 22.5 Å². The lowest BCUT2D eigenvalue weighted by molar-refractivity contribution is -0.0126.